The van der Waals surface area contributed by atoms with Crippen LogP contribution >= 0.6 is 15.9 Å². The van der Waals surface area contributed by atoms with Crippen LogP contribution in [-0.2, 0) is 30.2 Å². The number of imidazole rings is 1. The van der Waals surface area contributed by atoms with Gasteiger partial charge in [0.25, 0.3) is 5.56 Å². The van der Waals surface area contributed by atoms with Crippen LogP contribution in [-0.4, -0.2) is 49.7 Å². The molecule has 0 saturated heterocycles. The van der Waals surface area contributed by atoms with Gasteiger partial charge in [-0.1, -0.05) is 15.9 Å². The average Bonchev–Trinajstić information content (AvgIpc) is 3.41. The maximum Gasteiger partial charge on any atom is 0.332 e. The molecule has 0 saturated carbocycles. The molecule has 3 aromatic rings. The number of rotatable bonds is 5. The lowest BCUT2D eigenvalue weighted by atomic mass is 10.1. The van der Waals surface area contributed by atoms with E-state index < -0.39 is 17.5 Å². The van der Waals surface area contributed by atoms with Gasteiger partial charge in [-0.15, -0.1) is 5.10 Å². The fourth-order valence-electron chi connectivity index (χ4n) is 3.63. The van der Waals surface area contributed by atoms with E-state index >= 15 is 0 Å². The smallest absolute Gasteiger partial charge is 0.332 e. The Hall–Kier alpha value is -3.61. The number of fused-ring (bicyclic) bond motifs is 1. The van der Waals surface area contributed by atoms with Crippen molar-refractivity contribution in [3.8, 4) is 11.5 Å². The Bertz CT molecular complexity index is 1420. The van der Waals surface area contributed by atoms with Gasteiger partial charge in [-0.2, -0.15) is 5.01 Å². The first kappa shape index (κ1) is 22.6. The number of amides is 1. The van der Waals surface area contributed by atoms with Crippen molar-refractivity contribution in [1.82, 2.24) is 23.7 Å². The summed E-state index contributed by atoms with van der Waals surface area (Å²) < 4.78 is 21.2. The van der Waals surface area contributed by atoms with E-state index in [2.05, 4.69) is 26.0 Å². The highest BCUT2D eigenvalue weighted by molar-refractivity contribution is 9.10. The van der Waals surface area contributed by atoms with Crippen LogP contribution in [0.3, 0.4) is 0 Å². The lowest BCUT2D eigenvalue weighted by Crippen LogP contribution is -2.37. The van der Waals surface area contributed by atoms with Crippen molar-refractivity contribution < 1.29 is 19.0 Å². The van der Waals surface area contributed by atoms with Gasteiger partial charge in [0.2, 0.25) is 18.0 Å². The summed E-state index contributed by atoms with van der Waals surface area (Å²) in [7, 11) is 5.97. The molecule has 0 aliphatic carbocycles. The van der Waals surface area contributed by atoms with Gasteiger partial charge < -0.3 is 18.8 Å². The SMILES string of the molecule is COc1cc(Br)c(C2OC(Cn3cnc4c(=O)n(C)c(=O)n(C)c43)=NN2C(C)=O)cc1OC. The van der Waals surface area contributed by atoms with Gasteiger partial charge in [-0.05, 0) is 12.1 Å². The molecule has 13 heteroatoms. The van der Waals surface area contributed by atoms with Crippen molar-refractivity contribution in [2.45, 2.75) is 19.7 Å². The molecule has 1 amide bonds. The number of benzene rings is 1. The number of methoxy groups -OCH3 is 2. The summed E-state index contributed by atoms with van der Waals surface area (Å²) in [6, 6.07) is 3.41. The Morgan fingerprint density at radius 2 is 1.82 bits per heavy atom. The van der Waals surface area contributed by atoms with Crippen molar-refractivity contribution in [2.24, 2.45) is 19.2 Å². The van der Waals surface area contributed by atoms with E-state index in [1.54, 1.807) is 23.7 Å². The summed E-state index contributed by atoms with van der Waals surface area (Å²) in [5.74, 6) is 0.828. The summed E-state index contributed by atoms with van der Waals surface area (Å²) >= 11 is 3.49. The molecule has 1 aromatic carbocycles. The van der Waals surface area contributed by atoms with Crippen molar-refractivity contribution >= 4 is 38.9 Å². The number of carbonyl (C=O) groups is 1. The van der Waals surface area contributed by atoms with E-state index in [1.165, 1.54) is 44.1 Å². The highest BCUT2D eigenvalue weighted by atomic mass is 79.9. The third kappa shape index (κ3) is 3.67. The first-order valence-electron chi connectivity index (χ1n) is 9.74. The molecule has 2 aromatic heterocycles. The number of ether oxygens (including phenoxy) is 3. The Labute approximate surface area is 195 Å². The summed E-state index contributed by atoms with van der Waals surface area (Å²) in [5.41, 5.74) is 0.0679. The molecule has 0 N–H and O–H groups in total. The first-order valence-corrected chi connectivity index (χ1v) is 10.5. The molecule has 0 spiro atoms. The number of hydrogen-bond donors (Lipinski definition) is 0. The van der Waals surface area contributed by atoms with E-state index in [0.29, 0.717) is 27.2 Å². The number of halogens is 1. The maximum absolute atomic E-state index is 12.4. The molecule has 174 valence electrons. The van der Waals surface area contributed by atoms with Gasteiger partial charge in [-0.3, -0.25) is 18.7 Å². The largest absolute Gasteiger partial charge is 0.493 e. The van der Waals surface area contributed by atoms with Crippen LogP contribution in [0, 0.1) is 0 Å². The molecule has 1 atom stereocenters. The monoisotopic (exact) mass is 520 g/mol. The Balaban J connectivity index is 1.73. The van der Waals surface area contributed by atoms with Crippen molar-refractivity contribution in [3.05, 3.63) is 49.3 Å². The molecule has 12 nitrogen and oxygen atoms in total. The summed E-state index contributed by atoms with van der Waals surface area (Å²) in [4.78, 5) is 41.2. The zero-order valence-electron chi connectivity index (χ0n) is 18.5. The molecule has 33 heavy (non-hydrogen) atoms. The Kier molecular flexibility index (Phi) is 5.74. The minimum absolute atomic E-state index is 0.0438. The Morgan fingerprint density at radius 3 is 2.45 bits per heavy atom. The predicted octanol–water partition coefficient (Wildman–Crippen LogP) is 1.10. The zero-order valence-corrected chi connectivity index (χ0v) is 20.1. The van der Waals surface area contributed by atoms with Crippen LogP contribution in [0.2, 0.25) is 0 Å². The fourth-order valence-corrected chi connectivity index (χ4v) is 4.15. The minimum atomic E-state index is -0.863. The van der Waals surface area contributed by atoms with Crippen LogP contribution < -0.4 is 20.7 Å². The highest BCUT2D eigenvalue weighted by Gasteiger charge is 2.35. The number of nitrogens with zero attached hydrogens (tertiary/aromatic N) is 6. The third-order valence-electron chi connectivity index (χ3n) is 5.30. The number of aryl methyl sites for hydroxylation is 1. The van der Waals surface area contributed by atoms with Crippen molar-refractivity contribution in [2.75, 3.05) is 14.2 Å². The predicted molar refractivity (Wildman–Crippen MR) is 121 cm³/mol. The van der Waals surface area contributed by atoms with Crippen molar-refractivity contribution in [1.29, 1.82) is 0 Å². The van der Waals surface area contributed by atoms with Crippen LogP contribution in [0.4, 0.5) is 0 Å². The quantitative estimate of drug-likeness (QED) is 0.493. The summed E-state index contributed by atoms with van der Waals surface area (Å²) in [6.07, 6.45) is 0.563. The van der Waals surface area contributed by atoms with Gasteiger partial charge in [0.1, 0.15) is 12.2 Å². The number of carbonyl (C=O) groups excluding carboxylic acids is 1. The van der Waals surface area contributed by atoms with Crippen LogP contribution in [0.25, 0.3) is 11.2 Å². The molecule has 1 unspecified atom stereocenters. The van der Waals surface area contributed by atoms with Gasteiger partial charge in [0.05, 0.1) is 20.5 Å². The van der Waals surface area contributed by atoms with Crippen molar-refractivity contribution in [3.63, 3.8) is 0 Å². The standard InChI is InChI=1S/C20H21BrN6O6/c1-10(28)27-19(11-6-13(31-4)14(32-5)7-12(11)21)33-15(23-27)8-26-9-22-16-17(26)24(2)20(30)25(3)18(16)29/h6-7,9,19H,8H2,1-5H3. The molecule has 0 radical (unpaired) electrons. The zero-order chi connectivity index (χ0) is 24.0. The minimum Gasteiger partial charge on any atom is -0.493 e. The van der Waals surface area contributed by atoms with Gasteiger partial charge in [-0.25, -0.2) is 9.78 Å². The maximum atomic E-state index is 12.4. The summed E-state index contributed by atoms with van der Waals surface area (Å²) in [5, 5.41) is 5.53. The second-order valence-corrected chi connectivity index (χ2v) is 8.16. The van der Waals surface area contributed by atoms with Gasteiger partial charge in [0, 0.05) is 31.1 Å². The molecule has 4 rings (SSSR count). The number of hydrazone groups is 1. The van der Waals surface area contributed by atoms with Crippen LogP contribution in [0.15, 0.2) is 37.6 Å². The highest BCUT2D eigenvalue weighted by Crippen LogP contribution is 2.40. The lowest BCUT2D eigenvalue weighted by molar-refractivity contribution is -0.135. The van der Waals surface area contributed by atoms with E-state index in [4.69, 9.17) is 14.2 Å². The number of hydrogen-bond acceptors (Lipinski definition) is 8. The second kappa shape index (κ2) is 8.39. The number of aromatic nitrogens is 4. The van der Waals surface area contributed by atoms with E-state index in [0.717, 1.165) is 4.57 Å². The molecule has 0 fully saturated rings. The normalized spacial score (nSPS) is 15.5. The molecule has 1 aliphatic heterocycles. The molecular weight excluding hydrogens is 500 g/mol. The molecule has 1 aliphatic rings. The first-order chi connectivity index (χ1) is 15.7. The van der Waals surface area contributed by atoms with Crippen LogP contribution in [0.5, 0.6) is 11.5 Å². The summed E-state index contributed by atoms with van der Waals surface area (Å²) in [6.45, 7) is 1.42. The van der Waals surface area contributed by atoms with E-state index in [-0.39, 0.29) is 23.9 Å². The van der Waals surface area contributed by atoms with Gasteiger partial charge >= 0.3 is 5.69 Å². The topological polar surface area (TPSA) is 122 Å². The molecule has 3 heterocycles. The Morgan fingerprint density at radius 1 is 1.15 bits per heavy atom. The fraction of sp³-hybridized carbons (Fsp3) is 0.350. The van der Waals surface area contributed by atoms with Gasteiger partial charge in [0.15, 0.2) is 17.0 Å². The lowest BCUT2D eigenvalue weighted by Gasteiger charge is -2.22. The van der Waals surface area contributed by atoms with E-state index in [9.17, 15) is 14.4 Å². The van der Waals surface area contributed by atoms with E-state index in [1.807, 2.05) is 0 Å². The van der Waals surface area contributed by atoms with Crippen LogP contribution in [0.1, 0.15) is 18.7 Å². The molecular formula is C20H21BrN6O6. The second-order valence-electron chi connectivity index (χ2n) is 7.31. The third-order valence-corrected chi connectivity index (χ3v) is 5.98. The molecule has 0 bridgehead atoms. The average molecular weight is 521 g/mol.